The summed E-state index contributed by atoms with van der Waals surface area (Å²) in [5.41, 5.74) is 2.99. The summed E-state index contributed by atoms with van der Waals surface area (Å²) in [5.74, 6) is -1.27. The highest BCUT2D eigenvalue weighted by atomic mass is 16.6. The quantitative estimate of drug-likeness (QED) is 0.553. The Morgan fingerprint density at radius 3 is 1.12 bits per heavy atom. The molecule has 0 atom stereocenters. The van der Waals surface area contributed by atoms with Gasteiger partial charge in [0.25, 0.3) is 0 Å². The Morgan fingerprint density at radius 2 is 0.880 bits per heavy atom. The minimum Gasteiger partial charge on any atom is -0.386 e. The zero-order chi connectivity index (χ0) is 18.8. The SMILES string of the molecule is CC(C)(C)c1ccc(C(=O)OC(=O)c2ccc(C(C)(C)C)cc2)cc1. The van der Waals surface area contributed by atoms with E-state index in [0.29, 0.717) is 11.1 Å². The van der Waals surface area contributed by atoms with Crippen molar-refractivity contribution < 1.29 is 14.3 Å². The molecule has 132 valence electrons. The summed E-state index contributed by atoms with van der Waals surface area (Å²) >= 11 is 0. The fraction of sp³-hybridized carbons (Fsp3) is 0.364. The summed E-state index contributed by atoms with van der Waals surface area (Å²) in [7, 11) is 0. The normalized spacial score (nSPS) is 11.9. The van der Waals surface area contributed by atoms with Gasteiger partial charge in [0.05, 0.1) is 11.1 Å². The molecule has 3 heteroatoms. The molecule has 0 saturated heterocycles. The molecular weight excluding hydrogens is 312 g/mol. The van der Waals surface area contributed by atoms with Crippen molar-refractivity contribution in [1.82, 2.24) is 0 Å². The van der Waals surface area contributed by atoms with Crippen molar-refractivity contribution in [2.45, 2.75) is 52.4 Å². The fourth-order valence-electron chi connectivity index (χ4n) is 2.41. The van der Waals surface area contributed by atoms with E-state index in [1.54, 1.807) is 24.3 Å². The van der Waals surface area contributed by atoms with Crippen molar-refractivity contribution in [2.24, 2.45) is 0 Å². The molecule has 0 aliphatic carbocycles. The van der Waals surface area contributed by atoms with Gasteiger partial charge in [-0.25, -0.2) is 9.59 Å². The first-order valence-corrected chi connectivity index (χ1v) is 8.46. The summed E-state index contributed by atoms with van der Waals surface area (Å²) < 4.78 is 5.00. The third kappa shape index (κ3) is 4.79. The van der Waals surface area contributed by atoms with Crippen molar-refractivity contribution in [3.05, 3.63) is 70.8 Å². The van der Waals surface area contributed by atoms with Gasteiger partial charge in [0.15, 0.2) is 0 Å². The monoisotopic (exact) mass is 338 g/mol. The van der Waals surface area contributed by atoms with Gasteiger partial charge in [0.1, 0.15) is 0 Å². The molecule has 0 unspecified atom stereocenters. The maximum Gasteiger partial charge on any atom is 0.346 e. The average Bonchev–Trinajstić information content (AvgIpc) is 2.53. The number of hydrogen-bond acceptors (Lipinski definition) is 3. The number of ether oxygens (including phenoxy) is 1. The van der Waals surface area contributed by atoms with Crippen molar-refractivity contribution in [2.75, 3.05) is 0 Å². The molecule has 0 spiro atoms. The van der Waals surface area contributed by atoms with Gasteiger partial charge >= 0.3 is 11.9 Å². The van der Waals surface area contributed by atoms with E-state index in [2.05, 4.69) is 41.5 Å². The highest BCUT2D eigenvalue weighted by molar-refractivity contribution is 6.02. The van der Waals surface area contributed by atoms with Crippen LogP contribution < -0.4 is 0 Å². The first kappa shape index (κ1) is 18.9. The Labute approximate surface area is 150 Å². The van der Waals surface area contributed by atoms with Gasteiger partial charge in [0.2, 0.25) is 0 Å². The van der Waals surface area contributed by atoms with Gasteiger partial charge in [-0.15, -0.1) is 0 Å². The molecule has 0 saturated carbocycles. The second kappa shape index (κ2) is 6.83. The van der Waals surface area contributed by atoms with Gasteiger partial charge in [-0.2, -0.15) is 0 Å². The molecule has 0 amide bonds. The largest absolute Gasteiger partial charge is 0.386 e. The van der Waals surface area contributed by atoms with E-state index in [1.807, 2.05) is 24.3 Å². The standard InChI is InChI=1S/C22H26O3/c1-21(2,3)17-11-7-15(8-12-17)19(23)25-20(24)16-9-13-18(14-10-16)22(4,5)6/h7-14H,1-6H3. The molecule has 0 radical (unpaired) electrons. The molecule has 0 N–H and O–H groups in total. The van der Waals surface area contributed by atoms with Crippen molar-refractivity contribution in [1.29, 1.82) is 0 Å². The summed E-state index contributed by atoms with van der Waals surface area (Å²) in [6.07, 6.45) is 0. The highest BCUT2D eigenvalue weighted by Crippen LogP contribution is 2.23. The van der Waals surface area contributed by atoms with E-state index in [9.17, 15) is 9.59 Å². The molecule has 2 aromatic rings. The van der Waals surface area contributed by atoms with E-state index in [4.69, 9.17) is 4.74 Å². The Kier molecular flexibility index (Phi) is 5.17. The average molecular weight is 338 g/mol. The molecular formula is C22H26O3. The van der Waals surface area contributed by atoms with Crippen LogP contribution in [0.1, 0.15) is 73.4 Å². The molecule has 0 aromatic heterocycles. The number of esters is 2. The third-order valence-corrected chi connectivity index (χ3v) is 4.16. The predicted octanol–water partition coefficient (Wildman–Crippen LogP) is 5.28. The molecule has 3 nitrogen and oxygen atoms in total. The summed E-state index contributed by atoms with van der Waals surface area (Å²) in [6.45, 7) is 12.6. The number of carbonyl (C=O) groups is 2. The van der Waals surface area contributed by atoms with Gasteiger partial charge < -0.3 is 4.74 Å². The van der Waals surface area contributed by atoms with Crippen LogP contribution in [0, 0.1) is 0 Å². The van der Waals surface area contributed by atoms with E-state index in [-0.39, 0.29) is 10.8 Å². The van der Waals surface area contributed by atoms with Crippen LogP contribution in [0.15, 0.2) is 48.5 Å². The van der Waals surface area contributed by atoms with Gasteiger partial charge in [0, 0.05) is 0 Å². The smallest absolute Gasteiger partial charge is 0.346 e. The van der Waals surface area contributed by atoms with E-state index in [1.165, 1.54) is 0 Å². The Morgan fingerprint density at radius 1 is 0.600 bits per heavy atom. The topological polar surface area (TPSA) is 43.4 Å². The lowest BCUT2D eigenvalue weighted by Crippen LogP contribution is -2.15. The van der Waals surface area contributed by atoms with Crippen LogP contribution >= 0.6 is 0 Å². The minimum atomic E-state index is -0.634. The Bertz CT molecular complexity index is 687. The third-order valence-electron chi connectivity index (χ3n) is 4.16. The first-order chi connectivity index (χ1) is 11.5. The second-order valence-electron chi connectivity index (χ2n) is 8.33. The number of hydrogen-bond donors (Lipinski definition) is 0. The Hall–Kier alpha value is -2.42. The van der Waals surface area contributed by atoms with Crippen LogP contribution in [0.2, 0.25) is 0 Å². The van der Waals surface area contributed by atoms with Crippen LogP contribution in [0.3, 0.4) is 0 Å². The lowest BCUT2D eigenvalue weighted by molar-refractivity contribution is 0.0397. The Balaban J connectivity index is 2.08. The van der Waals surface area contributed by atoms with E-state index < -0.39 is 11.9 Å². The van der Waals surface area contributed by atoms with Crippen LogP contribution in [0.5, 0.6) is 0 Å². The van der Waals surface area contributed by atoms with Crippen molar-refractivity contribution in [3.8, 4) is 0 Å². The maximum absolute atomic E-state index is 12.2. The zero-order valence-electron chi connectivity index (χ0n) is 15.8. The van der Waals surface area contributed by atoms with Crippen molar-refractivity contribution in [3.63, 3.8) is 0 Å². The molecule has 0 aliphatic rings. The number of rotatable bonds is 2. The van der Waals surface area contributed by atoms with Gasteiger partial charge in [-0.05, 0) is 46.2 Å². The van der Waals surface area contributed by atoms with Crippen LogP contribution in [-0.2, 0) is 15.6 Å². The maximum atomic E-state index is 12.2. The van der Waals surface area contributed by atoms with E-state index in [0.717, 1.165) is 11.1 Å². The lowest BCUT2D eigenvalue weighted by atomic mass is 9.87. The summed E-state index contributed by atoms with van der Waals surface area (Å²) in [4.78, 5) is 24.3. The number of carbonyl (C=O) groups excluding carboxylic acids is 2. The van der Waals surface area contributed by atoms with Crippen molar-refractivity contribution >= 4 is 11.9 Å². The van der Waals surface area contributed by atoms with Crippen LogP contribution in [-0.4, -0.2) is 11.9 Å². The predicted molar refractivity (Wildman–Crippen MR) is 100 cm³/mol. The zero-order valence-corrected chi connectivity index (χ0v) is 15.8. The first-order valence-electron chi connectivity index (χ1n) is 8.46. The molecule has 2 aromatic carbocycles. The second-order valence-corrected chi connectivity index (χ2v) is 8.33. The highest BCUT2D eigenvalue weighted by Gasteiger charge is 2.19. The van der Waals surface area contributed by atoms with Crippen LogP contribution in [0.4, 0.5) is 0 Å². The van der Waals surface area contributed by atoms with E-state index >= 15 is 0 Å². The summed E-state index contributed by atoms with van der Waals surface area (Å²) in [6, 6.07) is 14.3. The van der Waals surface area contributed by atoms with Gasteiger partial charge in [-0.3, -0.25) is 0 Å². The minimum absolute atomic E-state index is 0.00700. The molecule has 0 fully saturated rings. The molecule has 25 heavy (non-hydrogen) atoms. The van der Waals surface area contributed by atoms with Crippen LogP contribution in [0.25, 0.3) is 0 Å². The molecule has 0 heterocycles. The number of benzene rings is 2. The fourth-order valence-corrected chi connectivity index (χ4v) is 2.41. The lowest BCUT2D eigenvalue weighted by Gasteiger charge is -2.19. The summed E-state index contributed by atoms with van der Waals surface area (Å²) in [5, 5.41) is 0. The molecule has 2 rings (SSSR count). The molecule has 0 bridgehead atoms. The van der Waals surface area contributed by atoms with Gasteiger partial charge in [-0.1, -0.05) is 65.8 Å². The molecule has 0 aliphatic heterocycles.